The van der Waals surface area contributed by atoms with Crippen LogP contribution in [0.5, 0.6) is 0 Å². The van der Waals surface area contributed by atoms with Crippen LogP contribution >= 0.6 is 0 Å². The molecule has 5 nitrogen and oxygen atoms in total. The van der Waals surface area contributed by atoms with E-state index in [0.29, 0.717) is 17.1 Å². The third kappa shape index (κ3) is 4.02. The summed E-state index contributed by atoms with van der Waals surface area (Å²) in [6.45, 7) is 1.92. The van der Waals surface area contributed by atoms with Gasteiger partial charge in [0.15, 0.2) is 0 Å². The number of anilines is 3. The molecule has 0 saturated carbocycles. The molecule has 0 atom stereocenters. The first kappa shape index (κ1) is 18.1. The predicted molar refractivity (Wildman–Crippen MR) is 108 cm³/mol. The number of carbonyl (C=O) groups is 1. The summed E-state index contributed by atoms with van der Waals surface area (Å²) >= 11 is 0. The third-order valence-electron chi connectivity index (χ3n) is 4.81. The molecule has 1 amide bonds. The minimum absolute atomic E-state index is 0.267. The van der Waals surface area contributed by atoms with Gasteiger partial charge < -0.3 is 15.5 Å². The summed E-state index contributed by atoms with van der Waals surface area (Å²) in [5.74, 6) is -0.245. The average Bonchev–Trinajstić information content (AvgIpc) is 2.68. The zero-order valence-corrected chi connectivity index (χ0v) is 15.6. The van der Waals surface area contributed by atoms with Gasteiger partial charge in [0.05, 0.1) is 5.56 Å². The number of rotatable bonds is 4. The van der Waals surface area contributed by atoms with E-state index >= 15 is 0 Å². The van der Waals surface area contributed by atoms with Gasteiger partial charge >= 0.3 is 0 Å². The van der Waals surface area contributed by atoms with Crippen LogP contribution < -0.4 is 10.6 Å². The molecule has 142 valence electrons. The molecule has 0 saturated heterocycles. The lowest BCUT2D eigenvalue weighted by atomic mass is 9.99. The minimum Gasteiger partial charge on any atom is -0.339 e. The quantitative estimate of drug-likeness (QED) is 0.716. The van der Waals surface area contributed by atoms with Crippen LogP contribution in [0.3, 0.4) is 0 Å². The average molecular weight is 376 g/mol. The zero-order chi connectivity index (χ0) is 19.5. The van der Waals surface area contributed by atoms with Gasteiger partial charge in [-0.2, -0.15) is 0 Å². The van der Waals surface area contributed by atoms with Crippen LogP contribution in [0.15, 0.2) is 60.8 Å². The predicted octanol–water partition coefficient (Wildman–Crippen LogP) is 4.20. The largest absolute Gasteiger partial charge is 0.339 e. The summed E-state index contributed by atoms with van der Waals surface area (Å²) in [5, 5.41) is 5.97. The molecule has 2 N–H and O–H groups in total. The molecule has 1 aromatic heterocycles. The topological polar surface area (TPSA) is 57.3 Å². The van der Waals surface area contributed by atoms with Crippen LogP contribution in [0.1, 0.15) is 21.5 Å². The zero-order valence-electron chi connectivity index (χ0n) is 15.6. The highest BCUT2D eigenvalue weighted by Crippen LogP contribution is 2.24. The number of nitrogens with one attached hydrogen (secondary N) is 2. The van der Waals surface area contributed by atoms with Gasteiger partial charge in [0.1, 0.15) is 11.6 Å². The van der Waals surface area contributed by atoms with Crippen molar-refractivity contribution in [2.24, 2.45) is 0 Å². The molecular weight excluding hydrogens is 355 g/mol. The first-order valence-corrected chi connectivity index (χ1v) is 9.18. The Bertz CT molecular complexity index is 1020. The lowest BCUT2D eigenvalue weighted by molar-refractivity contribution is 0.102. The molecule has 0 fully saturated rings. The van der Waals surface area contributed by atoms with Crippen molar-refractivity contribution in [1.82, 2.24) is 9.88 Å². The van der Waals surface area contributed by atoms with Crippen molar-refractivity contribution in [1.29, 1.82) is 0 Å². The Morgan fingerprint density at radius 1 is 1.07 bits per heavy atom. The molecule has 4 rings (SSSR count). The molecule has 1 aliphatic heterocycles. The Balaban J connectivity index is 1.55. The molecule has 0 unspecified atom stereocenters. The minimum atomic E-state index is -0.356. The van der Waals surface area contributed by atoms with Crippen molar-refractivity contribution in [2.45, 2.75) is 13.0 Å². The van der Waals surface area contributed by atoms with Crippen LogP contribution in [0.4, 0.5) is 21.6 Å². The Hall–Kier alpha value is -3.25. The Morgan fingerprint density at radius 3 is 2.82 bits per heavy atom. The molecule has 0 radical (unpaired) electrons. The lowest BCUT2D eigenvalue weighted by Crippen LogP contribution is -2.26. The normalized spacial score (nSPS) is 13.6. The highest BCUT2D eigenvalue weighted by atomic mass is 19.1. The summed E-state index contributed by atoms with van der Waals surface area (Å²) in [6, 6.07) is 15.5. The van der Waals surface area contributed by atoms with E-state index in [-0.39, 0.29) is 11.7 Å². The third-order valence-corrected chi connectivity index (χ3v) is 4.81. The van der Waals surface area contributed by atoms with E-state index in [4.69, 9.17) is 0 Å². The van der Waals surface area contributed by atoms with Gasteiger partial charge in [0.25, 0.3) is 5.91 Å². The van der Waals surface area contributed by atoms with Gasteiger partial charge in [-0.3, -0.25) is 4.79 Å². The molecule has 2 aromatic carbocycles. The highest BCUT2D eigenvalue weighted by molar-refractivity contribution is 6.07. The van der Waals surface area contributed by atoms with E-state index in [0.717, 1.165) is 25.2 Å². The second-order valence-electron chi connectivity index (χ2n) is 6.96. The number of carbonyl (C=O) groups excluding carboxylic acids is 1. The lowest BCUT2D eigenvalue weighted by Gasteiger charge is -2.25. The fourth-order valence-electron chi connectivity index (χ4n) is 3.37. The summed E-state index contributed by atoms with van der Waals surface area (Å²) in [5.41, 5.74) is 4.23. The van der Waals surface area contributed by atoms with Crippen LogP contribution in [0.25, 0.3) is 0 Å². The van der Waals surface area contributed by atoms with Gasteiger partial charge in [0.2, 0.25) is 0 Å². The Labute approximate surface area is 163 Å². The number of pyridine rings is 1. The number of amides is 1. The summed E-state index contributed by atoms with van der Waals surface area (Å²) in [6.07, 6.45) is 2.61. The maximum Gasteiger partial charge on any atom is 0.259 e. The maximum atomic E-state index is 13.4. The standard InChI is InChI=1S/C22H21FN4O/c1-27-11-9-15-7-8-19(12-16(15)14-27)26-22(28)20-6-3-10-24-21(20)25-18-5-2-4-17(23)13-18/h2-8,10,12-13H,9,11,14H2,1H3,(H,24,25)(H,26,28). The Morgan fingerprint density at radius 2 is 1.96 bits per heavy atom. The maximum absolute atomic E-state index is 13.4. The number of aromatic nitrogens is 1. The van der Waals surface area contributed by atoms with Crippen molar-refractivity contribution in [2.75, 3.05) is 24.2 Å². The van der Waals surface area contributed by atoms with Gasteiger partial charge in [-0.25, -0.2) is 9.37 Å². The van der Waals surface area contributed by atoms with E-state index in [1.165, 1.54) is 23.3 Å². The van der Waals surface area contributed by atoms with E-state index in [1.807, 2.05) is 12.1 Å². The number of halogens is 1. The summed E-state index contributed by atoms with van der Waals surface area (Å²) in [4.78, 5) is 19.4. The number of benzene rings is 2. The van der Waals surface area contributed by atoms with Crippen molar-refractivity contribution >= 4 is 23.1 Å². The molecule has 0 spiro atoms. The van der Waals surface area contributed by atoms with Crippen molar-refractivity contribution in [3.8, 4) is 0 Å². The first-order chi connectivity index (χ1) is 13.6. The van der Waals surface area contributed by atoms with Gasteiger partial charge in [-0.1, -0.05) is 12.1 Å². The summed E-state index contributed by atoms with van der Waals surface area (Å²) in [7, 11) is 2.09. The second-order valence-corrected chi connectivity index (χ2v) is 6.96. The molecule has 28 heavy (non-hydrogen) atoms. The van der Waals surface area contributed by atoms with Crippen LogP contribution in [-0.2, 0) is 13.0 Å². The van der Waals surface area contributed by atoms with Crippen molar-refractivity contribution in [3.63, 3.8) is 0 Å². The molecule has 1 aliphatic rings. The van der Waals surface area contributed by atoms with E-state index in [1.54, 1.807) is 30.5 Å². The molecule has 2 heterocycles. The number of fused-ring (bicyclic) bond motifs is 1. The van der Waals surface area contributed by atoms with Crippen molar-refractivity contribution < 1.29 is 9.18 Å². The van der Waals surface area contributed by atoms with E-state index in [2.05, 4.69) is 33.6 Å². The van der Waals surface area contributed by atoms with Gasteiger partial charge in [0, 0.05) is 30.7 Å². The van der Waals surface area contributed by atoms with Gasteiger partial charge in [-0.05, 0) is 67.1 Å². The van der Waals surface area contributed by atoms with E-state index < -0.39 is 0 Å². The van der Waals surface area contributed by atoms with Crippen molar-refractivity contribution in [3.05, 3.63) is 83.3 Å². The SMILES string of the molecule is CN1CCc2ccc(NC(=O)c3cccnc3Nc3cccc(F)c3)cc2C1. The van der Waals surface area contributed by atoms with Gasteiger partial charge in [-0.15, -0.1) is 0 Å². The fraction of sp³-hybridized carbons (Fsp3) is 0.182. The number of nitrogens with zero attached hydrogens (tertiary/aromatic N) is 2. The summed E-state index contributed by atoms with van der Waals surface area (Å²) < 4.78 is 13.4. The second kappa shape index (κ2) is 7.78. The number of hydrogen-bond acceptors (Lipinski definition) is 4. The fourth-order valence-corrected chi connectivity index (χ4v) is 3.37. The first-order valence-electron chi connectivity index (χ1n) is 9.18. The monoisotopic (exact) mass is 376 g/mol. The number of likely N-dealkylation sites (N-methyl/N-ethyl adjacent to an activating group) is 1. The smallest absolute Gasteiger partial charge is 0.259 e. The number of hydrogen-bond donors (Lipinski definition) is 2. The molecule has 3 aromatic rings. The van der Waals surface area contributed by atoms with Crippen LogP contribution in [-0.4, -0.2) is 29.4 Å². The van der Waals surface area contributed by atoms with Crippen LogP contribution in [0, 0.1) is 5.82 Å². The molecule has 6 heteroatoms. The Kier molecular flexibility index (Phi) is 5.04. The van der Waals surface area contributed by atoms with Crippen LogP contribution in [0.2, 0.25) is 0 Å². The molecular formula is C22H21FN4O. The highest BCUT2D eigenvalue weighted by Gasteiger charge is 2.16. The molecule has 0 bridgehead atoms. The molecule has 0 aliphatic carbocycles. The van der Waals surface area contributed by atoms with E-state index in [9.17, 15) is 9.18 Å².